The van der Waals surface area contributed by atoms with Crippen LogP contribution >= 0.6 is 11.3 Å². The van der Waals surface area contributed by atoms with Crippen LogP contribution in [0, 0.1) is 6.92 Å². The van der Waals surface area contributed by atoms with Crippen LogP contribution in [-0.4, -0.2) is 34.9 Å². The predicted octanol–water partition coefficient (Wildman–Crippen LogP) is 3.23. The Hall–Kier alpha value is -1.62. The van der Waals surface area contributed by atoms with Crippen molar-refractivity contribution in [2.45, 2.75) is 38.8 Å². The van der Waals surface area contributed by atoms with E-state index in [1.165, 1.54) is 11.3 Å². The Balaban J connectivity index is 2.31. The second-order valence-electron chi connectivity index (χ2n) is 4.98. The lowest BCUT2D eigenvalue weighted by molar-refractivity contribution is 0.0626. The first-order valence-corrected chi connectivity index (χ1v) is 7.65. The summed E-state index contributed by atoms with van der Waals surface area (Å²) < 4.78 is 0. The Morgan fingerprint density at radius 3 is 3.05 bits per heavy atom. The van der Waals surface area contributed by atoms with Crippen LogP contribution in [0.4, 0.5) is 5.13 Å². The first kappa shape index (κ1) is 14.8. The molecule has 1 aromatic rings. The van der Waals surface area contributed by atoms with E-state index in [1.807, 2.05) is 24.9 Å². The molecular weight excluding hydrogens is 270 g/mol. The highest BCUT2D eigenvalue weighted by molar-refractivity contribution is 7.17. The molecule has 4 nitrogen and oxygen atoms in total. The largest absolute Gasteiger partial charge is 0.365 e. The normalized spacial score (nSPS) is 21.9. The minimum absolute atomic E-state index is 0.0743. The average molecular weight is 291 g/mol. The zero-order valence-corrected chi connectivity index (χ0v) is 13.0. The van der Waals surface area contributed by atoms with Gasteiger partial charge in [0.15, 0.2) is 5.13 Å². The van der Waals surface area contributed by atoms with Crippen LogP contribution in [0.3, 0.4) is 0 Å². The number of amides is 1. The van der Waals surface area contributed by atoms with Crippen LogP contribution in [0.2, 0.25) is 0 Å². The van der Waals surface area contributed by atoms with Gasteiger partial charge in [0, 0.05) is 19.1 Å². The summed E-state index contributed by atoms with van der Waals surface area (Å²) in [4.78, 5) is 19.9. The molecule has 0 saturated carbocycles. The number of anilines is 1. The summed E-state index contributed by atoms with van der Waals surface area (Å²) in [6.07, 6.45) is 7.83. The summed E-state index contributed by atoms with van der Waals surface area (Å²) in [5, 5.41) is 3.78. The number of carbonyl (C=O) groups is 1. The third-order valence-corrected chi connectivity index (χ3v) is 4.70. The van der Waals surface area contributed by atoms with Gasteiger partial charge in [-0.3, -0.25) is 4.79 Å². The zero-order valence-electron chi connectivity index (χ0n) is 12.2. The molecule has 1 aliphatic rings. The van der Waals surface area contributed by atoms with Crippen LogP contribution in [0.1, 0.15) is 35.1 Å². The summed E-state index contributed by atoms with van der Waals surface area (Å²) in [7, 11) is 1.82. The quantitative estimate of drug-likeness (QED) is 0.866. The van der Waals surface area contributed by atoms with E-state index in [-0.39, 0.29) is 18.0 Å². The Morgan fingerprint density at radius 1 is 1.70 bits per heavy atom. The molecule has 0 spiro atoms. The van der Waals surface area contributed by atoms with Crippen molar-refractivity contribution in [2.24, 2.45) is 0 Å². The summed E-state index contributed by atoms with van der Waals surface area (Å²) in [5.41, 5.74) is 0.795. The minimum atomic E-state index is 0.0743. The predicted molar refractivity (Wildman–Crippen MR) is 84.4 cm³/mol. The van der Waals surface area contributed by atoms with Crippen molar-refractivity contribution in [3.63, 3.8) is 0 Å². The van der Waals surface area contributed by atoms with Gasteiger partial charge in [-0.05, 0) is 26.7 Å². The monoisotopic (exact) mass is 291 g/mol. The molecule has 108 valence electrons. The lowest BCUT2D eigenvalue weighted by Gasteiger charge is -2.37. The van der Waals surface area contributed by atoms with Gasteiger partial charge in [-0.2, -0.15) is 0 Å². The van der Waals surface area contributed by atoms with E-state index in [0.717, 1.165) is 28.5 Å². The van der Waals surface area contributed by atoms with Crippen molar-refractivity contribution >= 4 is 22.4 Å². The van der Waals surface area contributed by atoms with Crippen molar-refractivity contribution in [2.75, 3.05) is 12.4 Å². The molecule has 1 N–H and O–H groups in total. The zero-order chi connectivity index (χ0) is 14.7. The van der Waals surface area contributed by atoms with E-state index >= 15 is 0 Å². The first-order valence-electron chi connectivity index (χ1n) is 6.83. The highest BCUT2D eigenvalue weighted by Crippen LogP contribution is 2.28. The van der Waals surface area contributed by atoms with Crippen LogP contribution in [-0.2, 0) is 0 Å². The fourth-order valence-corrected chi connectivity index (χ4v) is 3.41. The van der Waals surface area contributed by atoms with Crippen molar-refractivity contribution in [3.05, 3.63) is 35.4 Å². The Morgan fingerprint density at radius 2 is 2.45 bits per heavy atom. The van der Waals surface area contributed by atoms with E-state index in [9.17, 15) is 4.79 Å². The molecule has 5 heteroatoms. The van der Waals surface area contributed by atoms with E-state index in [2.05, 4.69) is 36.0 Å². The topological polar surface area (TPSA) is 45.2 Å². The Bertz CT molecular complexity index is 535. The lowest BCUT2D eigenvalue weighted by atomic mass is 10.00. The molecule has 2 rings (SSSR count). The second-order valence-corrected chi connectivity index (χ2v) is 5.98. The lowest BCUT2D eigenvalue weighted by Crippen LogP contribution is -2.46. The average Bonchev–Trinajstić information content (AvgIpc) is 2.80. The molecular formula is C15H21N3OS. The number of aryl methyl sites for hydroxylation is 1. The molecule has 2 atom stereocenters. The molecule has 0 saturated heterocycles. The van der Waals surface area contributed by atoms with Crippen LogP contribution in [0.25, 0.3) is 0 Å². The molecule has 20 heavy (non-hydrogen) atoms. The Kier molecular flexibility index (Phi) is 4.60. The van der Waals surface area contributed by atoms with Crippen LogP contribution in [0.5, 0.6) is 0 Å². The fourth-order valence-electron chi connectivity index (χ4n) is 2.54. The maximum absolute atomic E-state index is 12.8. The van der Waals surface area contributed by atoms with Crippen LogP contribution < -0.4 is 5.32 Å². The standard InChI is InChI=1S/C15H21N3OS/c1-5-7-12-9-6-8-10(2)18(12)14(19)13-11(3)17-15(16-4)20-13/h5-6,8,10,12H,1,7,9H2,2-4H3,(H,16,17)/t10-,12-/m1/s1. The summed E-state index contributed by atoms with van der Waals surface area (Å²) in [6.45, 7) is 7.74. The van der Waals surface area contributed by atoms with Gasteiger partial charge in [-0.15, -0.1) is 6.58 Å². The molecule has 0 aliphatic carbocycles. The minimum Gasteiger partial charge on any atom is -0.365 e. The highest BCUT2D eigenvalue weighted by Gasteiger charge is 2.31. The molecule has 1 aromatic heterocycles. The van der Waals surface area contributed by atoms with Crippen molar-refractivity contribution in [3.8, 4) is 0 Å². The van der Waals surface area contributed by atoms with Crippen molar-refractivity contribution < 1.29 is 4.79 Å². The van der Waals surface area contributed by atoms with Gasteiger partial charge in [-0.25, -0.2) is 4.98 Å². The smallest absolute Gasteiger partial charge is 0.266 e. The van der Waals surface area contributed by atoms with E-state index in [0.29, 0.717) is 0 Å². The van der Waals surface area contributed by atoms with Crippen LogP contribution in [0.15, 0.2) is 24.8 Å². The van der Waals surface area contributed by atoms with Gasteiger partial charge in [-0.1, -0.05) is 29.6 Å². The van der Waals surface area contributed by atoms with Gasteiger partial charge in [0.2, 0.25) is 0 Å². The number of nitrogens with one attached hydrogen (secondary N) is 1. The maximum atomic E-state index is 12.8. The third kappa shape index (κ3) is 2.77. The summed E-state index contributed by atoms with van der Waals surface area (Å²) in [5.74, 6) is 0.0743. The number of carbonyl (C=O) groups excluding carboxylic acids is 1. The molecule has 1 aliphatic heterocycles. The maximum Gasteiger partial charge on any atom is 0.266 e. The molecule has 0 unspecified atom stereocenters. The molecule has 0 aromatic carbocycles. The third-order valence-electron chi connectivity index (χ3n) is 3.53. The van der Waals surface area contributed by atoms with Gasteiger partial charge in [0.25, 0.3) is 5.91 Å². The van der Waals surface area contributed by atoms with Gasteiger partial charge in [0.1, 0.15) is 4.88 Å². The van der Waals surface area contributed by atoms with Gasteiger partial charge >= 0.3 is 0 Å². The molecule has 2 heterocycles. The number of rotatable bonds is 4. The van der Waals surface area contributed by atoms with Gasteiger partial charge < -0.3 is 10.2 Å². The SMILES string of the molecule is C=CC[C@@H]1CC=C[C@@H](C)N1C(=O)c1sc(NC)nc1C. The van der Waals surface area contributed by atoms with Gasteiger partial charge in [0.05, 0.1) is 5.69 Å². The van der Waals surface area contributed by atoms with Crippen molar-refractivity contribution in [1.82, 2.24) is 9.88 Å². The second kappa shape index (κ2) is 6.22. The number of thiazole rings is 1. The van der Waals surface area contributed by atoms with Crippen molar-refractivity contribution in [1.29, 1.82) is 0 Å². The molecule has 1 amide bonds. The van der Waals surface area contributed by atoms with E-state index < -0.39 is 0 Å². The highest BCUT2D eigenvalue weighted by atomic mass is 32.1. The number of hydrogen-bond donors (Lipinski definition) is 1. The fraction of sp³-hybridized carbons (Fsp3) is 0.467. The molecule has 0 fully saturated rings. The first-order chi connectivity index (χ1) is 9.58. The molecule has 0 bridgehead atoms. The number of nitrogens with zero attached hydrogens (tertiary/aromatic N) is 2. The number of aromatic nitrogens is 1. The Labute approximate surface area is 124 Å². The summed E-state index contributed by atoms with van der Waals surface area (Å²) >= 11 is 1.42. The van der Waals surface area contributed by atoms with E-state index in [1.54, 1.807) is 0 Å². The number of hydrogen-bond acceptors (Lipinski definition) is 4. The van der Waals surface area contributed by atoms with E-state index in [4.69, 9.17) is 0 Å². The summed E-state index contributed by atoms with van der Waals surface area (Å²) in [6, 6.07) is 0.306. The molecule has 0 radical (unpaired) electrons.